The molecule has 3 nitrogen and oxygen atoms in total. The Labute approximate surface area is 115 Å². The third kappa shape index (κ3) is 3.58. The molecule has 1 N–H and O–H groups in total. The summed E-state index contributed by atoms with van der Waals surface area (Å²) in [7, 11) is 0. The third-order valence-electron chi connectivity index (χ3n) is 3.25. The molecule has 0 aliphatic carbocycles. The van der Waals surface area contributed by atoms with Crippen molar-refractivity contribution in [3.8, 4) is 0 Å². The number of benzene rings is 1. The Morgan fingerprint density at radius 1 is 1.26 bits per heavy atom. The van der Waals surface area contributed by atoms with Crippen molar-refractivity contribution in [2.24, 2.45) is 0 Å². The van der Waals surface area contributed by atoms with E-state index < -0.39 is 0 Å². The van der Waals surface area contributed by atoms with Crippen LogP contribution >= 0.6 is 0 Å². The van der Waals surface area contributed by atoms with Gasteiger partial charge in [-0.1, -0.05) is 32.0 Å². The van der Waals surface area contributed by atoms with Crippen LogP contribution in [0.15, 0.2) is 30.3 Å². The van der Waals surface area contributed by atoms with E-state index >= 15 is 0 Å². The predicted molar refractivity (Wildman–Crippen MR) is 80.4 cm³/mol. The summed E-state index contributed by atoms with van der Waals surface area (Å²) < 4.78 is 7.86. The largest absolute Gasteiger partial charge is 0.380 e. The van der Waals surface area contributed by atoms with Crippen LogP contribution < -0.4 is 5.32 Å². The van der Waals surface area contributed by atoms with Crippen molar-refractivity contribution in [1.29, 1.82) is 0 Å². The lowest BCUT2D eigenvalue weighted by Gasteiger charge is -2.13. The molecule has 3 heteroatoms. The molecule has 0 aliphatic rings. The van der Waals surface area contributed by atoms with E-state index in [2.05, 4.69) is 54.1 Å². The monoisotopic (exact) mass is 260 g/mol. The molecule has 0 spiro atoms. The molecule has 0 unspecified atom stereocenters. The number of para-hydroxylation sites is 1. The third-order valence-corrected chi connectivity index (χ3v) is 3.25. The van der Waals surface area contributed by atoms with Crippen molar-refractivity contribution in [2.45, 2.75) is 39.9 Å². The molecule has 1 heterocycles. The zero-order valence-electron chi connectivity index (χ0n) is 12.1. The highest BCUT2D eigenvalue weighted by molar-refractivity contribution is 5.81. The first-order valence-corrected chi connectivity index (χ1v) is 7.10. The van der Waals surface area contributed by atoms with Crippen molar-refractivity contribution in [3.05, 3.63) is 36.0 Å². The van der Waals surface area contributed by atoms with Crippen LogP contribution in [0.3, 0.4) is 0 Å². The maximum atomic E-state index is 5.50. The van der Waals surface area contributed by atoms with Gasteiger partial charge in [0.2, 0.25) is 0 Å². The van der Waals surface area contributed by atoms with Gasteiger partial charge >= 0.3 is 0 Å². The first-order chi connectivity index (χ1) is 9.22. The standard InChI is InChI=1S/C16H24N2O/c1-4-19-10-9-18-15(12-17-13(2)3)11-14-7-5-6-8-16(14)18/h5-8,11,13,17H,4,9-10,12H2,1-3H3. The second-order valence-corrected chi connectivity index (χ2v) is 5.08. The minimum atomic E-state index is 0.498. The number of hydrogen-bond donors (Lipinski definition) is 1. The number of hydrogen-bond acceptors (Lipinski definition) is 2. The summed E-state index contributed by atoms with van der Waals surface area (Å²) >= 11 is 0. The Bertz CT molecular complexity index is 516. The van der Waals surface area contributed by atoms with Crippen molar-refractivity contribution in [3.63, 3.8) is 0 Å². The minimum absolute atomic E-state index is 0.498. The summed E-state index contributed by atoms with van der Waals surface area (Å²) in [5, 5.41) is 4.80. The smallest absolute Gasteiger partial charge is 0.0645 e. The molecule has 19 heavy (non-hydrogen) atoms. The molecule has 104 valence electrons. The maximum absolute atomic E-state index is 5.50. The Morgan fingerprint density at radius 3 is 2.79 bits per heavy atom. The van der Waals surface area contributed by atoms with Gasteiger partial charge in [-0.15, -0.1) is 0 Å². The van der Waals surface area contributed by atoms with Crippen LogP contribution in [0.4, 0.5) is 0 Å². The van der Waals surface area contributed by atoms with Crippen molar-refractivity contribution < 1.29 is 4.74 Å². The minimum Gasteiger partial charge on any atom is -0.380 e. The van der Waals surface area contributed by atoms with Crippen molar-refractivity contribution >= 4 is 10.9 Å². The molecule has 0 atom stereocenters. The summed E-state index contributed by atoms with van der Waals surface area (Å²) in [5.41, 5.74) is 2.62. The fourth-order valence-electron chi connectivity index (χ4n) is 2.29. The summed E-state index contributed by atoms with van der Waals surface area (Å²) in [4.78, 5) is 0. The molecule has 0 amide bonds. The van der Waals surface area contributed by atoms with E-state index in [1.165, 1.54) is 16.6 Å². The normalized spacial score (nSPS) is 11.6. The molecule has 0 aliphatic heterocycles. The van der Waals surface area contributed by atoms with Crippen LogP contribution in [-0.2, 0) is 17.8 Å². The second kappa shape index (κ2) is 6.73. The summed E-state index contributed by atoms with van der Waals surface area (Å²) in [5.74, 6) is 0. The average Bonchev–Trinajstić information content (AvgIpc) is 2.75. The summed E-state index contributed by atoms with van der Waals surface area (Å²) in [6.45, 7) is 9.74. The first-order valence-electron chi connectivity index (χ1n) is 7.10. The number of nitrogens with one attached hydrogen (secondary N) is 1. The van der Waals surface area contributed by atoms with E-state index in [-0.39, 0.29) is 0 Å². The highest BCUT2D eigenvalue weighted by Crippen LogP contribution is 2.19. The van der Waals surface area contributed by atoms with Gasteiger partial charge in [0.25, 0.3) is 0 Å². The molecule has 0 bridgehead atoms. The van der Waals surface area contributed by atoms with Gasteiger partial charge in [0.15, 0.2) is 0 Å². The lowest BCUT2D eigenvalue weighted by molar-refractivity contribution is 0.139. The quantitative estimate of drug-likeness (QED) is 0.774. The number of aromatic nitrogens is 1. The lowest BCUT2D eigenvalue weighted by Crippen LogP contribution is -2.23. The van der Waals surface area contributed by atoms with Gasteiger partial charge < -0.3 is 14.6 Å². The number of nitrogens with zero attached hydrogens (tertiary/aromatic N) is 1. The van der Waals surface area contributed by atoms with E-state index in [0.717, 1.165) is 26.3 Å². The summed E-state index contributed by atoms with van der Waals surface area (Å²) in [6.07, 6.45) is 0. The Kier molecular flexibility index (Phi) is 5.00. The molecule has 0 saturated carbocycles. The van der Waals surface area contributed by atoms with E-state index in [1.807, 2.05) is 6.92 Å². The van der Waals surface area contributed by atoms with E-state index in [4.69, 9.17) is 4.74 Å². The van der Waals surface area contributed by atoms with Gasteiger partial charge in [0.1, 0.15) is 0 Å². The summed E-state index contributed by atoms with van der Waals surface area (Å²) in [6, 6.07) is 11.3. The van der Waals surface area contributed by atoms with Gasteiger partial charge in [0.05, 0.1) is 6.61 Å². The van der Waals surface area contributed by atoms with Crippen LogP contribution in [0.1, 0.15) is 26.5 Å². The van der Waals surface area contributed by atoms with E-state index in [9.17, 15) is 0 Å². The molecule has 1 aromatic carbocycles. The highest BCUT2D eigenvalue weighted by Gasteiger charge is 2.08. The molecule has 0 fully saturated rings. The van der Waals surface area contributed by atoms with Crippen LogP contribution in [0, 0.1) is 0 Å². The topological polar surface area (TPSA) is 26.2 Å². The van der Waals surface area contributed by atoms with Crippen molar-refractivity contribution in [1.82, 2.24) is 9.88 Å². The highest BCUT2D eigenvalue weighted by atomic mass is 16.5. The van der Waals surface area contributed by atoms with E-state index in [0.29, 0.717) is 6.04 Å². The van der Waals surface area contributed by atoms with Gasteiger partial charge in [-0.05, 0) is 24.4 Å². The number of rotatable bonds is 7. The average molecular weight is 260 g/mol. The van der Waals surface area contributed by atoms with Gasteiger partial charge in [-0.25, -0.2) is 0 Å². The van der Waals surface area contributed by atoms with Crippen LogP contribution in [0.5, 0.6) is 0 Å². The number of ether oxygens (including phenoxy) is 1. The zero-order chi connectivity index (χ0) is 13.7. The maximum Gasteiger partial charge on any atom is 0.0645 e. The van der Waals surface area contributed by atoms with Crippen molar-refractivity contribution in [2.75, 3.05) is 13.2 Å². The fraction of sp³-hybridized carbons (Fsp3) is 0.500. The van der Waals surface area contributed by atoms with Crippen LogP contribution in [0.25, 0.3) is 10.9 Å². The molecule has 0 radical (unpaired) electrons. The molecule has 2 aromatic rings. The molecular weight excluding hydrogens is 236 g/mol. The molecular formula is C16H24N2O. The molecule has 0 saturated heterocycles. The fourth-order valence-corrected chi connectivity index (χ4v) is 2.29. The number of fused-ring (bicyclic) bond motifs is 1. The SMILES string of the molecule is CCOCCn1c(CNC(C)C)cc2ccccc21. The Hall–Kier alpha value is -1.32. The zero-order valence-corrected chi connectivity index (χ0v) is 12.1. The van der Waals surface area contributed by atoms with Crippen LogP contribution in [0.2, 0.25) is 0 Å². The predicted octanol–water partition coefficient (Wildman–Crippen LogP) is 3.18. The van der Waals surface area contributed by atoms with E-state index in [1.54, 1.807) is 0 Å². The van der Waals surface area contributed by atoms with Gasteiger partial charge in [-0.2, -0.15) is 0 Å². The molecule has 1 aromatic heterocycles. The lowest BCUT2D eigenvalue weighted by atomic mass is 10.2. The Morgan fingerprint density at radius 2 is 2.05 bits per heavy atom. The second-order valence-electron chi connectivity index (χ2n) is 5.08. The molecule has 2 rings (SSSR count). The Balaban J connectivity index is 2.23. The first kappa shape index (κ1) is 14.1. The van der Waals surface area contributed by atoms with Gasteiger partial charge in [-0.3, -0.25) is 0 Å². The van der Waals surface area contributed by atoms with Gasteiger partial charge in [0, 0.05) is 36.9 Å². The van der Waals surface area contributed by atoms with Crippen LogP contribution in [-0.4, -0.2) is 23.8 Å².